The van der Waals surface area contributed by atoms with Crippen molar-refractivity contribution in [3.8, 4) is 5.88 Å². The van der Waals surface area contributed by atoms with Gasteiger partial charge in [-0.15, -0.1) is 10.2 Å². The summed E-state index contributed by atoms with van der Waals surface area (Å²) < 4.78 is 1.55. The zero-order valence-electron chi connectivity index (χ0n) is 16.8. The Kier molecular flexibility index (Phi) is 7.15. The summed E-state index contributed by atoms with van der Waals surface area (Å²) in [6.07, 6.45) is 0. The van der Waals surface area contributed by atoms with E-state index in [9.17, 15) is 24.3 Å². The second-order valence-corrected chi connectivity index (χ2v) is 7.95. The molecule has 1 aromatic heterocycles. The van der Waals surface area contributed by atoms with Gasteiger partial charge in [-0.1, -0.05) is 37.0 Å². The Morgan fingerprint density at radius 3 is 2.06 bits per heavy atom. The molecule has 0 fully saturated rings. The number of rotatable bonds is 4. The molecular weight excluding hydrogens is 496 g/mol. The van der Waals surface area contributed by atoms with E-state index >= 15 is 0 Å². The SMILES string of the molecule is CC(C)CN1C(=O)c2c(Cl)cc(Cl)c(N=Nc3c(O)n(C)c(=O)n(C)c3=O)c2C1=O.[Ni+2]. The van der Waals surface area contributed by atoms with Crippen LogP contribution in [0.1, 0.15) is 34.6 Å². The Hall–Kier alpha value is -2.49. The maximum Gasteiger partial charge on any atom is 2.00 e. The molecule has 1 N–H and O–H groups in total. The van der Waals surface area contributed by atoms with Crippen molar-refractivity contribution in [2.24, 2.45) is 30.2 Å². The van der Waals surface area contributed by atoms with Gasteiger partial charge in [0.1, 0.15) is 5.69 Å². The molecule has 3 rings (SSSR count). The number of halogens is 2. The Labute approximate surface area is 196 Å². The number of hydrogen-bond donors (Lipinski definition) is 1. The van der Waals surface area contributed by atoms with Crippen LogP contribution in [0.5, 0.6) is 5.88 Å². The molecule has 13 heteroatoms. The van der Waals surface area contributed by atoms with Crippen molar-refractivity contribution in [1.82, 2.24) is 14.0 Å². The first-order valence-corrected chi connectivity index (χ1v) is 9.51. The van der Waals surface area contributed by atoms with Gasteiger partial charge < -0.3 is 5.11 Å². The molecule has 2 heterocycles. The quantitative estimate of drug-likeness (QED) is 0.383. The van der Waals surface area contributed by atoms with Crippen molar-refractivity contribution < 1.29 is 31.2 Å². The average molecular weight is 513 g/mol. The second-order valence-electron chi connectivity index (χ2n) is 7.13. The van der Waals surface area contributed by atoms with Crippen LogP contribution in [0.15, 0.2) is 25.9 Å². The number of carbonyl (C=O) groups excluding carboxylic acids is 2. The predicted molar refractivity (Wildman–Crippen MR) is 109 cm³/mol. The number of carbonyl (C=O) groups is 2. The van der Waals surface area contributed by atoms with Gasteiger partial charge in [-0.3, -0.25) is 28.4 Å². The molecule has 0 spiro atoms. The van der Waals surface area contributed by atoms with Crippen LogP contribution in [0.25, 0.3) is 0 Å². The maximum absolute atomic E-state index is 12.9. The minimum atomic E-state index is -0.898. The summed E-state index contributed by atoms with van der Waals surface area (Å²) in [5, 5.41) is 17.6. The fourth-order valence-electron chi connectivity index (χ4n) is 3.02. The number of azo groups is 1. The number of fused-ring (bicyclic) bond motifs is 1. The number of nitrogens with zero attached hydrogens (tertiary/aromatic N) is 5. The second kappa shape index (κ2) is 8.94. The number of aromatic hydroxyl groups is 1. The molecule has 2 amide bonds. The van der Waals surface area contributed by atoms with Crippen LogP contribution in [-0.2, 0) is 30.6 Å². The summed E-state index contributed by atoms with van der Waals surface area (Å²) in [5.74, 6) is -1.92. The first-order chi connectivity index (χ1) is 14.0. The van der Waals surface area contributed by atoms with E-state index in [1.165, 1.54) is 20.2 Å². The topological polar surface area (TPSA) is 126 Å². The summed E-state index contributed by atoms with van der Waals surface area (Å²) >= 11 is 12.3. The van der Waals surface area contributed by atoms with E-state index in [0.29, 0.717) is 0 Å². The van der Waals surface area contributed by atoms with Crippen LogP contribution in [0, 0.1) is 5.92 Å². The summed E-state index contributed by atoms with van der Waals surface area (Å²) in [6, 6.07) is 1.25. The first kappa shape index (κ1) is 24.8. The van der Waals surface area contributed by atoms with Crippen LogP contribution in [0.3, 0.4) is 0 Å². The minimum absolute atomic E-state index is 0. The molecule has 0 saturated heterocycles. The van der Waals surface area contributed by atoms with Crippen LogP contribution in [0.2, 0.25) is 10.0 Å². The molecule has 1 aliphatic heterocycles. The fraction of sp³-hybridized carbons (Fsp3) is 0.333. The number of imide groups is 1. The normalized spacial score (nSPS) is 13.3. The van der Waals surface area contributed by atoms with Crippen molar-refractivity contribution in [2.75, 3.05) is 6.54 Å². The van der Waals surface area contributed by atoms with E-state index in [-0.39, 0.29) is 55.8 Å². The third kappa shape index (κ3) is 4.05. The summed E-state index contributed by atoms with van der Waals surface area (Å²) in [4.78, 5) is 50.8. The van der Waals surface area contributed by atoms with Gasteiger partial charge in [-0.2, -0.15) is 0 Å². The van der Waals surface area contributed by atoms with E-state index in [2.05, 4.69) is 10.2 Å². The van der Waals surface area contributed by atoms with Crippen LogP contribution >= 0.6 is 23.2 Å². The van der Waals surface area contributed by atoms with E-state index in [4.69, 9.17) is 23.2 Å². The largest absolute Gasteiger partial charge is 2.00 e. The summed E-state index contributed by atoms with van der Waals surface area (Å²) in [6.45, 7) is 3.85. The van der Waals surface area contributed by atoms with Crippen LogP contribution < -0.4 is 11.2 Å². The van der Waals surface area contributed by atoms with E-state index in [0.717, 1.165) is 14.0 Å². The zero-order valence-corrected chi connectivity index (χ0v) is 19.2. The van der Waals surface area contributed by atoms with Crippen molar-refractivity contribution in [3.63, 3.8) is 0 Å². The molecule has 0 unspecified atom stereocenters. The van der Waals surface area contributed by atoms with Gasteiger partial charge in [0.05, 0.1) is 21.2 Å². The van der Waals surface area contributed by atoms with Gasteiger partial charge in [0.25, 0.3) is 17.4 Å². The Morgan fingerprint density at radius 2 is 1.48 bits per heavy atom. The zero-order chi connectivity index (χ0) is 22.5. The number of hydrogen-bond acceptors (Lipinski definition) is 7. The molecular formula is C18H17Cl2N5NiO5+2. The van der Waals surface area contributed by atoms with Gasteiger partial charge in [0, 0.05) is 20.6 Å². The predicted octanol–water partition coefficient (Wildman–Crippen LogP) is 2.76. The van der Waals surface area contributed by atoms with E-state index in [1.54, 1.807) is 0 Å². The van der Waals surface area contributed by atoms with Gasteiger partial charge >= 0.3 is 22.2 Å². The number of amides is 2. The van der Waals surface area contributed by atoms with Crippen molar-refractivity contribution in [1.29, 1.82) is 0 Å². The van der Waals surface area contributed by atoms with Gasteiger partial charge in [0.2, 0.25) is 11.6 Å². The van der Waals surface area contributed by atoms with Crippen molar-refractivity contribution in [2.45, 2.75) is 13.8 Å². The van der Waals surface area contributed by atoms with E-state index < -0.39 is 34.6 Å². The smallest absolute Gasteiger partial charge is 0.493 e. The molecule has 0 atom stereocenters. The Balaban J connectivity index is 0.00000341. The van der Waals surface area contributed by atoms with Crippen molar-refractivity contribution in [3.05, 3.63) is 48.1 Å². The molecule has 0 saturated carbocycles. The summed E-state index contributed by atoms with van der Waals surface area (Å²) in [5.41, 5.74) is -2.55. The molecule has 0 radical (unpaired) electrons. The van der Waals surface area contributed by atoms with Gasteiger partial charge in [-0.25, -0.2) is 4.79 Å². The fourth-order valence-corrected chi connectivity index (χ4v) is 3.60. The Bertz CT molecular complexity index is 1250. The maximum atomic E-state index is 12.9. The molecule has 1 aromatic carbocycles. The Morgan fingerprint density at radius 1 is 0.935 bits per heavy atom. The molecule has 2 aromatic rings. The third-order valence-corrected chi connectivity index (χ3v) is 5.12. The monoisotopic (exact) mass is 511 g/mol. The summed E-state index contributed by atoms with van der Waals surface area (Å²) in [7, 11) is 2.46. The standard InChI is InChI=1S/C18H17Cl2N5O5.Ni/c1-7(2)6-25-14(26)10-8(19)5-9(20)12(11(10)15(25)27)21-22-13-16(28)23(3)18(30)24(4)17(13)29;/h5,7,28H,6H2,1-4H3;/q;+2. The van der Waals surface area contributed by atoms with E-state index in [1.807, 2.05) is 13.8 Å². The van der Waals surface area contributed by atoms with Gasteiger partial charge in [-0.05, 0) is 12.0 Å². The third-order valence-electron chi connectivity index (χ3n) is 4.53. The molecule has 166 valence electrons. The van der Waals surface area contributed by atoms with Crippen LogP contribution in [-0.4, -0.2) is 37.5 Å². The van der Waals surface area contributed by atoms with Crippen LogP contribution in [0.4, 0.5) is 11.4 Å². The first-order valence-electron chi connectivity index (χ1n) is 8.76. The number of aromatic nitrogens is 2. The minimum Gasteiger partial charge on any atom is -0.493 e. The van der Waals surface area contributed by atoms with Gasteiger partial charge in [0.15, 0.2) is 0 Å². The molecule has 1 aliphatic rings. The molecule has 0 aliphatic carbocycles. The molecule has 0 bridgehead atoms. The number of benzene rings is 1. The average Bonchev–Trinajstić information content (AvgIpc) is 2.91. The van der Waals surface area contributed by atoms with Crippen molar-refractivity contribution >= 4 is 46.4 Å². The molecule has 10 nitrogen and oxygen atoms in total. The molecule has 31 heavy (non-hydrogen) atoms.